The van der Waals surface area contributed by atoms with E-state index in [1.54, 1.807) is 4.90 Å². The zero-order chi connectivity index (χ0) is 21.1. The summed E-state index contributed by atoms with van der Waals surface area (Å²) in [6.45, 7) is 3.88. The van der Waals surface area contributed by atoms with Crippen molar-refractivity contribution in [2.75, 3.05) is 19.6 Å². The number of rotatable bonds is 5. The summed E-state index contributed by atoms with van der Waals surface area (Å²) in [4.78, 5) is 29.6. The van der Waals surface area contributed by atoms with Gasteiger partial charge in [-0.15, -0.1) is 0 Å². The summed E-state index contributed by atoms with van der Waals surface area (Å²) >= 11 is 6.71. The number of benzene rings is 2. The molecule has 0 saturated carbocycles. The molecule has 1 atom stereocenters. The van der Waals surface area contributed by atoms with Crippen molar-refractivity contribution in [2.24, 2.45) is 0 Å². The van der Waals surface area contributed by atoms with Crippen LogP contribution in [0.25, 0.3) is 6.08 Å². The van der Waals surface area contributed by atoms with E-state index in [1.807, 2.05) is 60.4 Å². The molecule has 2 saturated heterocycles. The Kier molecular flexibility index (Phi) is 6.35. The van der Waals surface area contributed by atoms with Crippen LogP contribution < -0.4 is 0 Å². The van der Waals surface area contributed by atoms with Gasteiger partial charge in [0.25, 0.3) is 5.91 Å². The van der Waals surface area contributed by atoms with Crippen molar-refractivity contribution in [2.45, 2.75) is 25.7 Å². The first-order chi connectivity index (χ1) is 14.5. The molecule has 0 unspecified atom stereocenters. The Balaban J connectivity index is 1.33. The maximum atomic E-state index is 12.8. The average Bonchev–Trinajstić information content (AvgIpc) is 3.34. The van der Waals surface area contributed by atoms with E-state index in [1.165, 1.54) is 22.9 Å². The number of nitrogens with zero attached hydrogens (tertiary/aromatic N) is 2. The second-order valence-corrected chi connectivity index (χ2v) is 9.41. The quantitative estimate of drug-likeness (QED) is 0.507. The average molecular weight is 437 g/mol. The Morgan fingerprint density at radius 2 is 1.90 bits per heavy atom. The molecule has 0 aromatic heterocycles. The highest BCUT2D eigenvalue weighted by molar-refractivity contribution is 8.26. The number of aryl methyl sites for hydroxylation is 1. The van der Waals surface area contributed by atoms with Crippen molar-refractivity contribution >= 4 is 46.2 Å². The normalized spacial score (nSPS) is 20.4. The molecule has 4 nitrogen and oxygen atoms in total. The standard InChI is InChI=1S/C24H24N2O2S2/c1-17-7-9-18(10-8-17)15-21-23(28)26(24(29)30-21)14-12-22(27)25-13-11-20(16-25)19-5-3-2-4-6-19/h2-10,15,20H,11-14,16H2,1H3/b21-15-/t20-/m1/s1. The van der Waals surface area contributed by atoms with Gasteiger partial charge in [0.15, 0.2) is 0 Å². The SMILES string of the molecule is Cc1ccc(/C=C2\SC(=S)N(CCC(=O)N3CC[C@@H](c4ccccc4)C3)C2=O)cc1. The molecule has 6 heteroatoms. The van der Waals surface area contributed by atoms with Crippen LogP contribution in [0.4, 0.5) is 0 Å². The first-order valence-electron chi connectivity index (χ1n) is 10.2. The molecular formula is C24H24N2O2S2. The molecule has 0 aliphatic carbocycles. The molecule has 4 rings (SSSR count). The monoisotopic (exact) mass is 436 g/mol. The van der Waals surface area contributed by atoms with Crippen LogP contribution in [-0.4, -0.2) is 45.6 Å². The molecule has 2 heterocycles. The van der Waals surface area contributed by atoms with E-state index in [0.29, 0.717) is 28.1 Å². The molecule has 2 fully saturated rings. The second kappa shape index (κ2) is 9.14. The van der Waals surface area contributed by atoms with Gasteiger partial charge in [0.05, 0.1) is 4.91 Å². The fraction of sp³-hybridized carbons (Fsp3) is 0.292. The Hall–Kier alpha value is -2.44. The Morgan fingerprint density at radius 1 is 1.17 bits per heavy atom. The van der Waals surface area contributed by atoms with Gasteiger partial charge in [0.2, 0.25) is 5.91 Å². The molecule has 2 aliphatic rings. The lowest BCUT2D eigenvalue weighted by atomic mass is 9.99. The third-order valence-corrected chi connectivity index (χ3v) is 6.99. The lowest BCUT2D eigenvalue weighted by molar-refractivity contribution is -0.130. The number of amides is 2. The summed E-state index contributed by atoms with van der Waals surface area (Å²) in [5.74, 6) is 0.371. The van der Waals surface area contributed by atoms with E-state index in [-0.39, 0.29) is 11.8 Å². The Morgan fingerprint density at radius 3 is 2.63 bits per heavy atom. The van der Waals surface area contributed by atoms with Gasteiger partial charge in [-0.3, -0.25) is 14.5 Å². The molecule has 2 amide bonds. The molecule has 0 spiro atoms. The van der Waals surface area contributed by atoms with E-state index < -0.39 is 0 Å². The van der Waals surface area contributed by atoms with Gasteiger partial charge in [0.1, 0.15) is 4.32 Å². The van der Waals surface area contributed by atoms with E-state index in [0.717, 1.165) is 25.1 Å². The van der Waals surface area contributed by atoms with Gasteiger partial charge in [-0.2, -0.15) is 0 Å². The highest BCUT2D eigenvalue weighted by atomic mass is 32.2. The van der Waals surface area contributed by atoms with Crippen LogP contribution in [0.15, 0.2) is 59.5 Å². The van der Waals surface area contributed by atoms with E-state index in [9.17, 15) is 9.59 Å². The predicted octanol–water partition coefficient (Wildman–Crippen LogP) is 4.60. The zero-order valence-corrected chi connectivity index (χ0v) is 18.5. The van der Waals surface area contributed by atoms with Crippen LogP contribution in [0.1, 0.15) is 35.4 Å². The van der Waals surface area contributed by atoms with Crippen molar-refractivity contribution in [1.29, 1.82) is 0 Å². The molecule has 0 radical (unpaired) electrons. The number of carbonyl (C=O) groups is 2. The second-order valence-electron chi connectivity index (χ2n) is 7.73. The van der Waals surface area contributed by atoms with Gasteiger partial charge in [0, 0.05) is 32.0 Å². The Labute approximate surface area is 186 Å². The van der Waals surface area contributed by atoms with Crippen molar-refractivity contribution < 1.29 is 9.59 Å². The summed E-state index contributed by atoms with van der Waals surface area (Å²) in [5.41, 5.74) is 3.43. The number of likely N-dealkylation sites (tertiary alicyclic amines) is 1. The minimum Gasteiger partial charge on any atom is -0.342 e. The maximum Gasteiger partial charge on any atom is 0.266 e. The van der Waals surface area contributed by atoms with Crippen LogP contribution in [0.5, 0.6) is 0 Å². The Bertz CT molecular complexity index is 986. The van der Waals surface area contributed by atoms with Crippen LogP contribution >= 0.6 is 24.0 Å². The van der Waals surface area contributed by atoms with Gasteiger partial charge in [-0.05, 0) is 30.5 Å². The van der Waals surface area contributed by atoms with Crippen molar-refractivity contribution in [3.8, 4) is 0 Å². The van der Waals surface area contributed by atoms with Gasteiger partial charge >= 0.3 is 0 Å². The molecule has 2 aliphatic heterocycles. The topological polar surface area (TPSA) is 40.6 Å². The molecule has 2 aromatic carbocycles. The van der Waals surface area contributed by atoms with Crippen LogP contribution in [0, 0.1) is 6.92 Å². The molecule has 154 valence electrons. The van der Waals surface area contributed by atoms with Crippen molar-refractivity contribution in [3.05, 3.63) is 76.2 Å². The van der Waals surface area contributed by atoms with Crippen LogP contribution in [-0.2, 0) is 9.59 Å². The summed E-state index contributed by atoms with van der Waals surface area (Å²) in [6.07, 6.45) is 3.15. The van der Waals surface area contributed by atoms with Gasteiger partial charge in [-0.1, -0.05) is 84.1 Å². The molecular weight excluding hydrogens is 412 g/mol. The van der Waals surface area contributed by atoms with E-state index >= 15 is 0 Å². The summed E-state index contributed by atoms with van der Waals surface area (Å²) in [7, 11) is 0. The predicted molar refractivity (Wildman–Crippen MR) is 126 cm³/mol. The van der Waals surface area contributed by atoms with Crippen molar-refractivity contribution in [3.63, 3.8) is 0 Å². The highest BCUT2D eigenvalue weighted by Gasteiger charge is 2.33. The molecule has 0 bridgehead atoms. The molecule has 30 heavy (non-hydrogen) atoms. The lowest BCUT2D eigenvalue weighted by Crippen LogP contribution is -2.35. The summed E-state index contributed by atoms with van der Waals surface area (Å²) in [6, 6.07) is 18.4. The summed E-state index contributed by atoms with van der Waals surface area (Å²) < 4.78 is 0.523. The number of carbonyl (C=O) groups excluding carboxylic acids is 2. The number of hydrogen-bond donors (Lipinski definition) is 0. The van der Waals surface area contributed by atoms with Crippen LogP contribution in [0.2, 0.25) is 0 Å². The number of thioether (sulfide) groups is 1. The number of hydrogen-bond acceptors (Lipinski definition) is 4. The van der Waals surface area contributed by atoms with E-state index in [2.05, 4.69) is 12.1 Å². The van der Waals surface area contributed by atoms with E-state index in [4.69, 9.17) is 12.2 Å². The molecule has 0 N–H and O–H groups in total. The smallest absolute Gasteiger partial charge is 0.266 e. The largest absolute Gasteiger partial charge is 0.342 e. The maximum absolute atomic E-state index is 12.8. The fourth-order valence-corrected chi connectivity index (χ4v) is 5.17. The third-order valence-electron chi connectivity index (χ3n) is 5.61. The zero-order valence-electron chi connectivity index (χ0n) is 16.9. The third kappa shape index (κ3) is 4.65. The minimum absolute atomic E-state index is 0.0880. The lowest BCUT2D eigenvalue weighted by Gasteiger charge is -2.19. The molecule has 2 aromatic rings. The van der Waals surface area contributed by atoms with Gasteiger partial charge < -0.3 is 4.90 Å². The van der Waals surface area contributed by atoms with Gasteiger partial charge in [-0.25, -0.2) is 0 Å². The fourth-order valence-electron chi connectivity index (χ4n) is 3.86. The first kappa shape index (κ1) is 20.8. The number of thiocarbonyl (C=S) groups is 1. The minimum atomic E-state index is -0.109. The van der Waals surface area contributed by atoms with Crippen LogP contribution in [0.3, 0.4) is 0 Å². The van der Waals surface area contributed by atoms with Crippen molar-refractivity contribution in [1.82, 2.24) is 9.80 Å². The first-order valence-corrected chi connectivity index (χ1v) is 11.4. The highest BCUT2D eigenvalue weighted by Crippen LogP contribution is 2.33. The summed E-state index contributed by atoms with van der Waals surface area (Å²) in [5, 5.41) is 0.